The fraction of sp³-hybridized carbons (Fsp3) is 0.316. The van der Waals surface area contributed by atoms with E-state index < -0.39 is 0 Å². The maximum atomic E-state index is 12.2. The van der Waals surface area contributed by atoms with Crippen LogP contribution in [-0.2, 0) is 24.1 Å². The molecule has 1 aliphatic rings. The van der Waals surface area contributed by atoms with Crippen LogP contribution in [0.25, 0.3) is 0 Å². The van der Waals surface area contributed by atoms with Gasteiger partial charge >= 0.3 is 0 Å². The maximum Gasteiger partial charge on any atom is 0.228 e. The van der Waals surface area contributed by atoms with Gasteiger partial charge in [0.25, 0.3) is 0 Å². The summed E-state index contributed by atoms with van der Waals surface area (Å²) in [6.07, 6.45) is 4.03. The summed E-state index contributed by atoms with van der Waals surface area (Å²) >= 11 is 0. The minimum Gasteiger partial charge on any atom is -0.326 e. The van der Waals surface area contributed by atoms with Crippen molar-refractivity contribution in [2.24, 2.45) is 0 Å². The highest BCUT2D eigenvalue weighted by Gasteiger charge is 2.12. The third-order valence-electron chi connectivity index (χ3n) is 4.41. The van der Waals surface area contributed by atoms with Gasteiger partial charge in [0.2, 0.25) is 5.91 Å². The van der Waals surface area contributed by atoms with Gasteiger partial charge in [-0.25, -0.2) is 0 Å². The zero-order valence-corrected chi connectivity index (χ0v) is 12.7. The molecule has 0 spiro atoms. The van der Waals surface area contributed by atoms with Gasteiger partial charge in [-0.3, -0.25) is 4.79 Å². The number of rotatable bonds is 3. The summed E-state index contributed by atoms with van der Waals surface area (Å²) in [7, 11) is 0. The van der Waals surface area contributed by atoms with Crippen molar-refractivity contribution in [2.75, 3.05) is 5.32 Å². The fourth-order valence-electron chi connectivity index (χ4n) is 3.00. The molecule has 0 unspecified atom stereocenters. The molecule has 2 nitrogen and oxygen atoms in total. The van der Waals surface area contributed by atoms with Crippen LogP contribution in [0.4, 0.5) is 5.69 Å². The predicted molar refractivity (Wildman–Crippen MR) is 86.7 cm³/mol. The van der Waals surface area contributed by atoms with Crippen molar-refractivity contribution in [3.63, 3.8) is 0 Å². The molecule has 0 bridgehead atoms. The van der Waals surface area contributed by atoms with Crippen molar-refractivity contribution < 1.29 is 4.79 Å². The molecular weight excluding hydrogens is 258 g/mol. The van der Waals surface area contributed by atoms with Crippen LogP contribution in [0.1, 0.15) is 34.2 Å². The second kappa shape index (κ2) is 5.72. The lowest BCUT2D eigenvalue weighted by molar-refractivity contribution is -0.115. The zero-order valence-electron chi connectivity index (χ0n) is 12.7. The van der Waals surface area contributed by atoms with Crippen LogP contribution >= 0.6 is 0 Å². The van der Waals surface area contributed by atoms with E-state index in [2.05, 4.69) is 36.5 Å². The van der Waals surface area contributed by atoms with Crippen molar-refractivity contribution in [3.05, 3.63) is 64.2 Å². The van der Waals surface area contributed by atoms with Gasteiger partial charge in [0.1, 0.15) is 0 Å². The molecule has 0 fully saturated rings. The molecule has 2 aromatic rings. The van der Waals surface area contributed by atoms with Crippen molar-refractivity contribution in [3.8, 4) is 0 Å². The van der Waals surface area contributed by atoms with E-state index in [0.29, 0.717) is 6.42 Å². The van der Waals surface area contributed by atoms with Gasteiger partial charge in [0.15, 0.2) is 0 Å². The highest BCUT2D eigenvalue weighted by atomic mass is 16.1. The first-order chi connectivity index (χ1) is 10.1. The molecule has 1 N–H and O–H groups in total. The van der Waals surface area contributed by atoms with Gasteiger partial charge in [-0.15, -0.1) is 0 Å². The molecule has 0 aliphatic heterocycles. The predicted octanol–water partition coefficient (Wildman–Crippen LogP) is 3.97. The Labute approximate surface area is 126 Å². The Morgan fingerprint density at radius 3 is 2.76 bits per heavy atom. The van der Waals surface area contributed by atoms with E-state index >= 15 is 0 Å². The Balaban J connectivity index is 1.70. The van der Waals surface area contributed by atoms with Crippen LogP contribution in [0.2, 0.25) is 0 Å². The summed E-state index contributed by atoms with van der Waals surface area (Å²) in [5.74, 6) is 0.0571. The molecule has 0 atom stereocenters. The maximum absolute atomic E-state index is 12.2. The molecule has 2 aromatic carbocycles. The first-order valence-corrected chi connectivity index (χ1v) is 7.60. The molecule has 0 aromatic heterocycles. The van der Waals surface area contributed by atoms with Gasteiger partial charge in [-0.1, -0.05) is 30.3 Å². The number of anilines is 1. The number of fused-ring (bicyclic) bond motifs is 1. The summed E-state index contributed by atoms with van der Waals surface area (Å²) in [6.45, 7) is 4.10. The number of benzene rings is 2. The Morgan fingerprint density at radius 2 is 1.90 bits per heavy atom. The monoisotopic (exact) mass is 279 g/mol. The summed E-state index contributed by atoms with van der Waals surface area (Å²) in [5, 5.41) is 3.03. The van der Waals surface area contributed by atoms with Crippen LogP contribution in [0.3, 0.4) is 0 Å². The quantitative estimate of drug-likeness (QED) is 0.905. The molecule has 0 saturated heterocycles. The number of hydrogen-bond donors (Lipinski definition) is 1. The lowest BCUT2D eigenvalue weighted by atomic mass is 10.0. The van der Waals surface area contributed by atoms with E-state index in [-0.39, 0.29) is 5.91 Å². The molecule has 3 rings (SSSR count). The van der Waals surface area contributed by atoms with Crippen LogP contribution in [0.5, 0.6) is 0 Å². The molecule has 21 heavy (non-hydrogen) atoms. The van der Waals surface area contributed by atoms with E-state index in [4.69, 9.17) is 0 Å². The zero-order chi connectivity index (χ0) is 14.8. The molecular formula is C19H21NO. The van der Waals surface area contributed by atoms with E-state index in [1.807, 2.05) is 19.1 Å². The SMILES string of the molecule is Cc1cccc(NC(=O)Cc2ccc3c(c2)CCC3)c1C. The fourth-order valence-corrected chi connectivity index (χ4v) is 3.00. The smallest absolute Gasteiger partial charge is 0.228 e. The Bertz CT molecular complexity index is 688. The first kappa shape index (κ1) is 13.9. The van der Waals surface area contributed by atoms with Crippen LogP contribution < -0.4 is 5.32 Å². The van der Waals surface area contributed by atoms with Gasteiger partial charge < -0.3 is 5.32 Å². The number of nitrogens with one attached hydrogen (secondary N) is 1. The second-order valence-electron chi connectivity index (χ2n) is 5.93. The van der Waals surface area contributed by atoms with E-state index in [0.717, 1.165) is 23.2 Å². The third kappa shape index (κ3) is 2.99. The summed E-state index contributed by atoms with van der Waals surface area (Å²) in [4.78, 5) is 12.2. The van der Waals surface area contributed by atoms with Crippen molar-refractivity contribution in [1.82, 2.24) is 0 Å². The molecule has 0 saturated carbocycles. The van der Waals surface area contributed by atoms with E-state index in [9.17, 15) is 4.79 Å². The Morgan fingerprint density at radius 1 is 1.10 bits per heavy atom. The lowest BCUT2D eigenvalue weighted by Gasteiger charge is -2.11. The van der Waals surface area contributed by atoms with E-state index in [1.54, 1.807) is 0 Å². The molecule has 108 valence electrons. The van der Waals surface area contributed by atoms with Crippen molar-refractivity contribution in [1.29, 1.82) is 0 Å². The van der Waals surface area contributed by atoms with Crippen LogP contribution in [0.15, 0.2) is 36.4 Å². The van der Waals surface area contributed by atoms with E-state index in [1.165, 1.54) is 29.5 Å². The second-order valence-corrected chi connectivity index (χ2v) is 5.93. The molecule has 2 heteroatoms. The minimum absolute atomic E-state index is 0.0571. The summed E-state index contributed by atoms with van der Waals surface area (Å²) < 4.78 is 0. The Hall–Kier alpha value is -2.09. The van der Waals surface area contributed by atoms with Crippen LogP contribution in [-0.4, -0.2) is 5.91 Å². The minimum atomic E-state index is 0.0571. The average molecular weight is 279 g/mol. The number of aryl methyl sites for hydroxylation is 3. The lowest BCUT2D eigenvalue weighted by Crippen LogP contribution is -2.15. The number of carbonyl (C=O) groups excluding carboxylic acids is 1. The summed E-state index contributed by atoms with van der Waals surface area (Å²) in [6, 6.07) is 12.5. The van der Waals surface area contributed by atoms with Crippen molar-refractivity contribution in [2.45, 2.75) is 39.5 Å². The average Bonchev–Trinajstić information content (AvgIpc) is 2.91. The topological polar surface area (TPSA) is 29.1 Å². The van der Waals surface area contributed by atoms with Gasteiger partial charge in [-0.2, -0.15) is 0 Å². The van der Waals surface area contributed by atoms with Gasteiger partial charge in [0.05, 0.1) is 6.42 Å². The normalized spacial score (nSPS) is 13.0. The standard InChI is InChI=1S/C19H21NO/c1-13-5-3-8-18(14(13)2)20-19(21)12-15-9-10-16-6-4-7-17(16)11-15/h3,5,8-11H,4,6-7,12H2,1-2H3,(H,20,21). The summed E-state index contributed by atoms with van der Waals surface area (Å²) in [5.41, 5.74) is 7.24. The highest BCUT2D eigenvalue weighted by Crippen LogP contribution is 2.23. The van der Waals surface area contributed by atoms with Gasteiger partial charge in [-0.05, 0) is 67.0 Å². The largest absolute Gasteiger partial charge is 0.326 e. The van der Waals surface area contributed by atoms with Gasteiger partial charge in [0, 0.05) is 5.69 Å². The number of amides is 1. The third-order valence-corrected chi connectivity index (χ3v) is 4.41. The van der Waals surface area contributed by atoms with Crippen LogP contribution in [0, 0.1) is 13.8 Å². The highest BCUT2D eigenvalue weighted by molar-refractivity contribution is 5.93. The molecule has 0 heterocycles. The molecule has 1 amide bonds. The Kier molecular flexibility index (Phi) is 3.78. The molecule has 1 aliphatic carbocycles. The number of carbonyl (C=O) groups is 1. The first-order valence-electron chi connectivity index (χ1n) is 7.60. The van der Waals surface area contributed by atoms with Crippen molar-refractivity contribution >= 4 is 11.6 Å². The number of hydrogen-bond acceptors (Lipinski definition) is 1. The molecule has 0 radical (unpaired) electrons.